The van der Waals surface area contributed by atoms with Crippen molar-refractivity contribution in [2.45, 2.75) is 46.3 Å². The van der Waals surface area contributed by atoms with Crippen LogP contribution in [0, 0.1) is 5.41 Å². The maximum atomic E-state index is 5.71. The van der Waals surface area contributed by atoms with Crippen molar-refractivity contribution < 1.29 is 4.74 Å². The minimum absolute atomic E-state index is 0.352. The highest BCUT2D eigenvalue weighted by Gasteiger charge is 2.29. The minimum atomic E-state index is 0.352. The summed E-state index contributed by atoms with van der Waals surface area (Å²) >= 11 is 3.60. The Bertz CT molecular complexity index is 196. The molecule has 0 aliphatic carbocycles. The molecular weight excluding hydrogens is 254 g/mol. The zero-order valence-electron chi connectivity index (χ0n) is 10.4. The van der Waals surface area contributed by atoms with E-state index in [1.807, 2.05) is 0 Å². The van der Waals surface area contributed by atoms with Gasteiger partial charge in [0.1, 0.15) is 0 Å². The lowest BCUT2D eigenvalue weighted by Gasteiger charge is -2.42. The molecule has 90 valence electrons. The lowest BCUT2D eigenvalue weighted by molar-refractivity contribution is -0.0647. The average Bonchev–Trinajstić information content (AvgIpc) is 2.18. The van der Waals surface area contributed by atoms with Crippen molar-refractivity contribution in [3.63, 3.8) is 0 Å². The molecule has 0 N–H and O–H groups in total. The Morgan fingerprint density at radius 1 is 1.47 bits per heavy atom. The van der Waals surface area contributed by atoms with Crippen LogP contribution in [-0.4, -0.2) is 42.1 Å². The van der Waals surface area contributed by atoms with Crippen LogP contribution in [0.5, 0.6) is 0 Å². The molecule has 1 heterocycles. The van der Waals surface area contributed by atoms with E-state index in [2.05, 4.69) is 48.5 Å². The topological polar surface area (TPSA) is 12.5 Å². The lowest BCUT2D eigenvalue weighted by Crippen LogP contribution is -2.51. The van der Waals surface area contributed by atoms with Gasteiger partial charge in [0.2, 0.25) is 0 Å². The largest absolute Gasteiger partial charge is 0.376 e. The number of ether oxygens (including phenoxy) is 1. The number of halogens is 1. The number of nitrogens with zero attached hydrogens (tertiary/aromatic N) is 1. The molecule has 3 heteroatoms. The van der Waals surface area contributed by atoms with Gasteiger partial charge in [0.05, 0.1) is 12.7 Å². The molecule has 0 aromatic carbocycles. The van der Waals surface area contributed by atoms with Gasteiger partial charge in [0, 0.05) is 24.5 Å². The van der Waals surface area contributed by atoms with Crippen LogP contribution in [0.4, 0.5) is 0 Å². The predicted octanol–water partition coefficient (Wildman–Crippen LogP) is 2.91. The fraction of sp³-hybridized carbons (Fsp3) is 1.00. The molecule has 0 aromatic heterocycles. The second-order valence-corrected chi connectivity index (χ2v) is 5.99. The third kappa shape index (κ3) is 4.04. The predicted molar refractivity (Wildman–Crippen MR) is 68.6 cm³/mol. The maximum Gasteiger partial charge on any atom is 0.0674 e. The van der Waals surface area contributed by atoms with Crippen molar-refractivity contribution in [3.05, 3.63) is 0 Å². The highest BCUT2D eigenvalue weighted by molar-refractivity contribution is 9.09. The van der Waals surface area contributed by atoms with E-state index in [0.717, 1.165) is 25.0 Å². The highest BCUT2D eigenvalue weighted by Crippen LogP contribution is 2.24. The van der Waals surface area contributed by atoms with Gasteiger partial charge >= 0.3 is 0 Å². The van der Waals surface area contributed by atoms with E-state index in [1.54, 1.807) is 0 Å². The summed E-state index contributed by atoms with van der Waals surface area (Å²) in [5.74, 6) is 0. The molecule has 0 aromatic rings. The molecule has 2 unspecified atom stereocenters. The second kappa shape index (κ2) is 5.65. The first kappa shape index (κ1) is 13.5. The number of alkyl halides is 1. The quantitative estimate of drug-likeness (QED) is 0.733. The van der Waals surface area contributed by atoms with Gasteiger partial charge in [0.15, 0.2) is 0 Å². The second-order valence-electron chi connectivity index (χ2n) is 5.43. The van der Waals surface area contributed by atoms with Crippen LogP contribution in [0.25, 0.3) is 0 Å². The standard InChI is InChI=1S/C12H24BrNO/c1-5-11-7-15-10(2)6-14(11)9-12(3,4)8-13/h10-11H,5-9H2,1-4H3. The zero-order valence-corrected chi connectivity index (χ0v) is 12.0. The summed E-state index contributed by atoms with van der Waals surface area (Å²) in [6.45, 7) is 12.2. The van der Waals surface area contributed by atoms with Gasteiger partial charge in [0.25, 0.3) is 0 Å². The van der Waals surface area contributed by atoms with Crippen LogP contribution < -0.4 is 0 Å². The van der Waals surface area contributed by atoms with Crippen molar-refractivity contribution >= 4 is 15.9 Å². The van der Waals surface area contributed by atoms with Gasteiger partial charge in [-0.05, 0) is 18.8 Å². The van der Waals surface area contributed by atoms with Crippen LogP contribution in [0.15, 0.2) is 0 Å². The fourth-order valence-corrected chi connectivity index (χ4v) is 2.25. The lowest BCUT2D eigenvalue weighted by atomic mass is 9.94. The molecule has 1 rings (SSSR count). The smallest absolute Gasteiger partial charge is 0.0674 e. The first-order valence-electron chi connectivity index (χ1n) is 5.90. The van der Waals surface area contributed by atoms with Crippen molar-refractivity contribution in [2.75, 3.05) is 25.0 Å². The summed E-state index contributed by atoms with van der Waals surface area (Å²) in [6.07, 6.45) is 1.57. The van der Waals surface area contributed by atoms with E-state index in [1.165, 1.54) is 6.42 Å². The Hall–Kier alpha value is 0.400. The molecule has 1 fully saturated rings. The van der Waals surface area contributed by atoms with Gasteiger partial charge in [-0.15, -0.1) is 0 Å². The molecule has 0 spiro atoms. The van der Waals surface area contributed by atoms with E-state index in [9.17, 15) is 0 Å². The normalized spacial score (nSPS) is 29.4. The summed E-state index contributed by atoms with van der Waals surface area (Å²) in [7, 11) is 0. The van der Waals surface area contributed by atoms with E-state index >= 15 is 0 Å². The molecule has 2 atom stereocenters. The van der Waals surface area contributed by atoms with Crippen LogP contribution >= 0.6 is 15.9 Å². The van der Waals surface area contributed by atoms with Gasteiger partial charge < -0.3 is 4.74 Å². The number of rotatable bonds is 4. The fourth-order valence-electron chi connectivity index (χ4n) is 2.07. The Kier molecular flexibility index (Phi) is 5.07. The Labute approximate surface area is 102 Å². The minimum Gasteiger partial charge on any atom is -0.376 e. The molecule has 0 bridgehead atoms. The van der Waals surface area contributed by atoms with Crippen LogP contribution in [0.2, 0.25) is 0 Å². The zero-order chi connectivity index (χ0) is 11.5. The molecule has 1 aliphatic heterocycles. The first-order valence-corrected chi connectivity index (χ1v) is 7.02. The van der Waals surface area contributed by atoms with Gasteiger partial charge in [-0.3, -0.25) is 4.90 Å². The third-order valence-corrected chi connectivity index (χ3v) is 4.56. The summed E-state index contributed by atoms with van der Waals surface area (Å²) in [6, 6.07) is 0.611. The Morgan fingerprint density at radius 3 is 2.67 bits per heavy atom. The molecule has 0 radical (unpaired) electrons. The van der Waals surface area contributed by atoms with E-state index < -0.39 is 0 Å². The van der Waals surface area contributed by atoms with Gasteiger partial charge in [-0.25, -0.2) is 0 Å². The Morgan fingerprint density at radius 2 is 2.13 bits per heavy atom. The highest BCUT2D eigenvalue weighted by atomic mass is 79.9. The van der Waals surface area contributed by atoms with E-state index in [0.29, 0.717) is 17.6 Å². The SMILES string of the molecule is CCC1COC(C)CN1CC(C)(C)CBr. The summed E-state index contributed by atoms with van der Waals surface area (Å²) < 4.78 is 5.71. The summed E-state index contributed by atoms with van der Waals surface area (Å²) in [4.78, 5) is 2.59. The third-order valence-electron chi connectivity index (χ3n) is 3.05. The van der Waals surface area contributed by atoms with Crippen molar-refractivity contribution in [2.24, 2.45) is 5.41 Å². The van der Waals surface area contributed by atoms with Crippen LogP contribution in [0.3, 0.4) is 0 Å². The van der Waals surface area contributed by atoms with E-state index in [-0.39, 0.29) is 0 Å². The summed E-state index contributed by atoms with van der Waals surface area (Å²) in [5, 5.41) is 1.06. The molecule has 0 amide bonds. The monoisotopic (exact) mass is 277 g/mol. The molecule has 0 saturated carbocycles. The number of hydrogen-bond acceptors (Lipinski definition) is 2. The molecule has 2 nitrogen and oxygen atoms in total. The molecule has 1 aliphatic rings. The van der Waals surface area contributed by atoms with Crippen molar-refractivity contribution in [1.29, 1.82) is 0 Å². The van der Waals surface area contributed by atoms with Gasteiger partial charge in [-0.2, -0.15) is 0 Å². The Balaban J connectivity index is 2.55. The maximum absolute atomic E-state index is 5.71. The number of morpholine rings is 1. The van der Waals surface area contributed by atoms with Crippen LogP contribution in [-0.2, 0) is 4.74 Å². The average molecular weight is 278 g/mol. The molecule has 1 saturated heterocycles. The first-order chi connectivity index (χ1) is 6.98. The van der Waals surface area contributed by atoms with Crippen LogP contribution in [0.1, 0.15) is 34.1 Å². The summed E-state index contributed by atoms with van der Waals surface area (Å²) in [5.41, 5.74) is 0.352. The molecular formula is C12H24BrNO. The van der Waals surface area contributed by atoms with Gasteiger partial charge in [-0.1, -0.05) is 36.7 Å². The van der Waals surface area contributed by atoms with E-state index in [4.69, 9.17) is 4.74 Å². The van der Waals surface area contributed by atoms with Crippen molar-refractivity contribution in [3.8, 4) is 0 Å². The van der Waals surface area contributed by atoms with Crippen molar-refractivity contribution in [1.82, 2.24) is 4.90 Å². The number of hydrogen-bond donors (Lipinski definition) is 0. The molecule has 15 heavy (non-hydrogen) atoms.